The minimum Gasteiger partial charge on any atom is -0.481 e. The Kier molecular flexibility index (Phi) is 5.44. The van der Waals surface area contributed by atoms with Crippen LogP contribution in [0.2, 0.25) is 0 Å². The fraction of sp³-hybridized carbons (Fsp3) is 0.706. The van der Waals surface area contributed by atoms with Crippen LogP contribution < -0.4 is 0 Å². The van der Waals surface area contributed by atoms with Crippen molar-refractivity contribution in [1.82, 2.24) is 14.7 Å². The SMILES string of the molecule is Cc1nn(CC(C)C)c(C)c1CC(=O)N1CCCC(C(=O)O)C1. The number of rotatable bonds is 5. The number of aryl methyl sites for hydroxylation is 1. The van der Waals surface area contributed by atoms with Gasteiger partial charge in [-0.1, -0.05) is 13.8 Å². The third-order valence-electron chi connectivity index (χ3n) is 4.52. The summed E-state index contributed by atoms with van der Waals surface area (Å²) in [6.45, 7) is 10.0. The molecule has 0 radical (unpaired) electrons. The van der Waals surface area contributed by atoms with Crippen LogP contribution in [-0.4, -0.2) is 44.8 Å². The average molecular weight is 321 g/mol. The summed E-state index contributed by atoms with van der Waals surface area (Å²) in [5, 5.41) is 13.7. The topological polar surface area (TPSA) is 75.4 Å². The smallest absolute Gasteiger partial charge is 0.308 e. The molecule has 1 amide bonds. The minimum atomic E-state index is -0.806. The van der Waals surface area contributed by atoms with Crippen LogP contribution in [0.4, 0.5) is 0 Å². The van der Waals surface area contributed by atoms with Crippen LogP contribution in [0.1, 0.15) is 43.6 Å². The van der Waals surface area contributed by atoms with Gasteiger partial charge in [-0.2, -0.15) is 5.10 Å². The predicted octanol–water partition coefficient (Wildman–Crippen LogP) is 2.02. The van der Waals surface area contributed by atoms with Crippen molar-refractivity contribution in [3.05, 3.63) is 17.0 Å². The van der Waals surface area contributed by atoms with E-state index in [4.69, 9.17) is 5.11 Å². The normalized spacial score (nSPS) is 18.5. The van der Waals surface area contributed by atoms with Gasteiger partial charge in [0.2, 0.25) is 5.91 Å². The molecule has 1 atom stereocenters. The van der Waals surface area contributed by atoms with E-state index in [1.54, 1.807) is 4.90 Å². The van der Waals surface area contributed by atoms with Crippen LogP contribution >= 0.6 is 0 Å². The molecule has 23 heavy (non-hydrogen) atoms. The lowest BCUT2D eigenvalue weighted by atomic mass is 9.97. The molecule has 1 aromatic heterocycles. The molecule has 1 aromatic rings. The van der Waals surface area contributed by atoms with Crippen LogP contribution in [0, 0.1) is 25.7 Å². The zero-order valence-corrected chi connectivity index (χ0v) is 14.5. The third kappa shape index (κ3) is 4.12. The summed E-state index contributed by atoms with van der Waals surface area (Å²) < 4.78 is 1.97. The predicted molar refractivity (Wildman–Crippen MR) is 87.2 cm³/mol. The van der Waals surface area contributed by atoms with Crippen LogP contribution in [0.3, 0.4) is 0 Å². The van der Waals surface area contributed by atoms with E-state index in [1.807, 2.05) is 18.5 Å². The fourth-order valence-corrected chi connectivity index (χ4v) is 3.18. The summed E-state index contributed by atoms with van der Waals surface area (Å²) in [7, 11) is 0. The van der Waals surface area contributed by atoms with Crippen molar-refractivity contribution in [1.29, 1.82) is 0 Å². The second-order valence-electron chi connectivity index (χ2n) is 6.92. The molecule has 1 unspecified atom stereocenters. The van der Waals surface area contributed by atoms with Crippen LogP contribution in [0.5, 0.6) is 0 Å². The van der Waals surface area contributed by atoms with Crippen LogP contribution in [0.25, 0.3) is 0 Å². The average Bonchev–Trinajstić information content (AvgIpc) is 2.74. The molecule has 1 aliphatic rings. The second-order valence-corrected chi connectivity index (χ2v) is 6.92. The molecule has 6 heteroatoms. The Morgan fingerprint density at radius 2 is 2.04 bits per heavy atom. The third-order valence-corrected chi connectivity index (χ3v) is 4.52. The highest BCUT2D eigenvalue weighted by atomic mass is 16.4. The maximum Gasteiger partial charge on any atom is 0.308 e. The molecule has 1 saturated heterocycles. The highest BCUT2D eigenvalue weighted by molar-refractivity contribution is 5.80. The number of aromatic nitrogens is 2. The Hall–Kier alpha value is -1.85. The van der Waals surface area contributed by atoms with Crippen molar-refractivity contribution < 1.29 is 14.7 Å². The highest BCUT2D eigenvalue weighted by Gasteiger charge is 2.29. The van der Waals surface area contributed by atoms with Gasteiger partial charge in [-0.25, -0.2) is 0 Å². The Bertz CT molecular complexity index is 592. The number of carbonyl (C=O) groups excluding carboxylic acids is 1. The summed E-state index contributed by atoms with van der Waals surface area (Å²) in [6.07, 6.45) is 1.72. The molecule has 1 N–H and O–H groups in total. The van der Waals surface area contributed by atoms with Gasteiger partial charge in [-0.15, -0.1) is 0 Å². The van der Waals surface area contributed by atoms with Gasteiger partial charge >= 0.3 is 5.97 Å². The van der Waals surface area contributed by atoms with Crippen molar-refractivity contribution in [2.75, 3.05) is 13.1 Å². The number of hydrogen-bond acceptors (Lipinski definition) is 3. The monoisotopic (exact) mass is 321 g/mol. The number of piperidine rings is 1. The lowest BCUT2D eigenvalue weighted by molar-refractivity contribution is -0.145. The maximum atomic E-state index is 12.6. The van der Waals surface area contributed by atoms with Crippen molar-refractivity contribution in [3.63, 3.8) is 0 Å². The van der Waals surface area contributed by atoms with Crippen LogP contribution in [0.15, 0.2) is 0 Å². The molecule has 2 rings (SSSR count). The molecule has 1 aliphatic heterocycles. The molecule has 0 saturated carbocycles. The van der Waals surface area contributed by atoms with Gasteiger partial charge in [0, 0.05) is 30.9 Å². The van der Waals surface area contributed by atoms with E-state index in [2.05, 4.69) is 18.9 Å². The lowest BCUT2D eigenvalue weighted by Crippen LogP contribution is -2.43. The molecule has 0 aromatic carbocycles. The molecule has 128 valence electrons. The van der Waals surface area contributed by atoms with E-state index in [0.29, 0.717) is 31.8 Å². The standard InChI is InChI=1S/C17H27N3O3/c1-11(2)9-20-13(4)15(12(3)18-20)8-16(21)19-7-5-6-14(10-19)17(22)23/h11,14H,5-10H2,1-4H3,(H,22,23). The van der Waals surface area contributed by atoms with E-state index < -0.39 is 11.9 Å². The van der Waals surface area contributed by atoms with Gasteiger partial charge in [0.25, 0.3) is 0 Å². The first-order valence-corrected chi connectivity index (χ1v) is 8.33. The summed E-state index contributed by atoms with van der Waals surface area (Å²) in [5.41, 5.74) is 2.91. The number of aliphatic carboxylic acids is 1. The van der Waals surface area contributed by atoms with Gasteiger partial charge in [-0.3, -0.25) is 14.3 Å². The molecule has 1 fully saturated rings. The molecule has 6 nitrogen and oxygen atoms in total. The zero-order valence-electron chi connectivity index (χ0n) is 14.5. The quantitative estimate of drug-likeness (QED) is 0.900. The zero-order chi connectivity index (χ0) is 17.1. The largest absolute Gasteiger partial charge is 0.481 e. The van der Waals surface area contributed by atoms with Crippen molar-refractivity contribution in [2.45, 2.75) is 53.5 Å². The number of hydrogen-bond donors (Lipinski definition) is 1. The number of carboxylic acid groups (broad SMARTS) is 1. The van der Waals surface area contributed by atoms with E-state index in [0.717, 1.165) is 29.9 Å². The number of likely N-dealkylation sites (tertiary alicyclic amines) is 1. The lowest BCUT2D eigenvalue weighted by Gasteiger charge is -2.30. The Morgan fingerprint density at radius 1 is 1.35 bits per heavy atom. The second kappa shape index (κ2) is 7.15. The minimum absolute atomic E-state index is 0.00578. The molecule has 0 spiro atoms. The molecule has 0 aliphatic carbocycles. The molecular formula is C17H27N3O3. The molecular weight excluding hydrogens is 294 g/mol. The first kappa shape index (κ1) is 17.5. The molecule has 0 bridgehead atoms. The van der Waals surface area contributed by atoms with E-state index in [9.17, 15) is 9.59 Å². The van der Waals surface area contributed by atoms with E-state index in [1.165, 1.54) is 0 Å². The Balaban J connectivity index is 2.08. The van der Waals surface area contributed by atoms with Gasteiger partial charge in [0.15, 0.2) is 0 Å². The van der Waals surface area contributed by atoms with Gasteiger partial charge in [-0.05, 0) is 32.6 Å². The van der Waals surface area contributed by atoms with Gasteiger partial charge in [0.1, 0.15) is 0 Å². The van der Waals surface area contributed by atoms with Crippen molar-refractivity contribution in [2.24, 2.45) is 11.8 Å². The van der Waals surface area contributed by atoms with E-state index in [-0.39, 0.29) is 5.91 Å². The number of carbonyl (C=O) groups is 2. The summed E-state index contributed by atoms with van der Waals surface area (Å²) in [6, 6.07) is 0. The van der Waals surface area contributed by atoms with Crippen molar-refractivity contribution in [3.8, 4) is 0 Å². The Morgan fingerprint density at radius 3 is 2.65 bits per heavy atom. The molecule has 2 heterocycles. The number of nitrogens with zero attached hydrogens (tertiary/aromatic N) is 3. The van der Waals surface area contributed by atoms with Gasteiger partial charge < -0.3 is 10.0 Å². The van der Waals surface area contributed by atoms with Crippen LogP contribution in [-0.2, 0) is 22.6 Å². The summed E-state index contributed by atoms with van der Waals surface area (Å²) >= 11 is 0. The number of carboxylic acids is 1. The maximum absolute atomic E-state index is 12.6. The number of amides is 1. The fourth-order valence-electron chi connectivity index (χ4n) is 3.18. The first-order chi connectivity index (χ1) is 10.8. The summed E-state index contributed by atoms with van der Waals surface area (Å²) in [4.78, 5) is 25.4. The highest BCUT2D eigenvalue weighted by Crippen LogP contribution is 2.20. The van der Waals surface area contributed by atoms with E-state index >= 15 is 0 Å². The first-order valence-electron chi connectivity index (χ1n) is 8.33. The summed E-state index contributed by atoms with van der Waals surface area (Å²) in [5.74, 6) is -0.737. The Labute approximate surface area is 137 Å². The van der Waals surface area contributed by atoms with Gasteiger partial charge in [0.05, 0.1) is 18.0 Å². The van der Waals surface area contributed by atoms with Crippen molar-refractivity contribution >= 4 is 11.9 Å².